The van der Waals surface area contributed by atoms with Gasteiger partial charge in [-0.05, 0) is 38.2 Å². The van der Waals surface area contributed by atoms with E-state index in [1.807, 2.05) is 25.7 Å². The van der Waals surface area contributed by atoms with Gasteiger partial charge >= 0.3 is 0 Å². The van der Waals surface area contributed by atoms with Gasteiger partial charge in [-0.1, -0.05) is 15.9 Å². The summed E-state index contributed by atoms with van der Waals surface area (Å²) in [5.74, 6) is 7.09. The van der Waals surface area contributed by atoms with Crippen molar-refractivity contribution in [3.63, 3.8) is 0 Å². The van der Waals surface area contributed by atoms with E-state index in [1.54, 1.807) is 0 Å². The van der Waals surface area contributed by atoms with Crippen molar-refractivity contribution in [3.05, 3.63) is 28.7 Å². The Balaban J connectivity index is 2.41. The molecule has 1 atom stereocenters. The van der Waals surface area contributed by atoms with E-state index >= 15 is 0 Å². The van der Waals surface area contributed by atoms with E-state index in [0.717, 1.165) is 16.6 Å². The van der Waals surface area contributed by atoms with Gasteiger partial charge in [0.05, 0.1) is 0 Å². The van der Waals surface area contributed by atoms with Crippen molar-refractivity contribution in [2.24, 2.45) is 0 Å². The number of rotatable bonds is 5. The van der Waals surface area contributed by atoms with Gasteiger partial charge < -0.3 is 5.32 Å². The molecule has 0 amide bonds. The van der Waals surface area contributed by atoms with Crippen molar-refractivity contribution < 1.29 is 0 Å². The molecule has 0 heterocycles. The molecule has 0 saturated heterocycles. The molecule has 0 fully saturated rings. The first-order valence-corrected chi connectivity index (χ1v) is 6.99. The Kier molecular flexibility index (Phi) is 6.63. The number of hydrogen-bond donors (Lipinski definition) is 1. The van der Waals surface area contributed by atoms with E-state index in [9.17, 15) is 0 Å². The zero-order valence-electron chi connectivity index (χ0n) is 9.59. The third-order valence-electron chi connectivity index (χ3n) is 2.20. The maximum absolute atomic E-state index is 3.43. The van der Waals surface area contributed by atoms with Crippen LogP contribution in [0.25, 0.3) is 0 Å². The quantitative estimate of drug-likeness (QED) is 0.659. The van der Waals surface area contributed by atoms with Gasteiger partial charge in [0.1, 0.15) is 0 Å². The summed E-state index contributed by atoms with van der Waals surface area (Å²) in [7, 11) is 1.99. The van der Waals surface area contributed by atoms with Gasteiger partial charge in [0, 0.05) is 27.6 Å². The van der Waals surface area contributed by atoms with Crippen molar-refractivity contribution in [2.45, 2.75) is 24.3 Å². The minimum absolute atomic E-state index is 0.459. The molecule has 0 aromatic heterocycles. The normalized spacial score (nSPS) is 11.7. The van der Waals surface area contributed by atoms with Crippen molar-refractivity contribution in [1.29, 1.82) is 0 Å². The van der Waals surface area contributed by atoms with Gasteiger partial charge in [0.25, 0.3) is 0 Å². The van der Waals surface area contributed by atoms with E-state index in [2.05, 4.69) is 57.4 Å². The van der Waals surface area contributed by atoms with Gasteiger partial charge in [0.15, 0.2) is 0 Å². The number of nitrogens with one attached hydrogen (secondary N) is 1. The summed E-state index contributed by atoms with van der Waals surface area (Å²) in [5.41, 5.74) is 0. The fourth-order valence-electron chi connectivity index (χ4n) is 1.20. The van der Waals surface area contributed by atoms with Crippen molar-refractivity contribution in [3.8, 4) is 11.8 Å². The van der Waals surface area contributed by atoms with Crippen LogP contribution in [0.5, 0.6) is 0 Å². The number of benzene rings is 1. The molecule has 1 aromatic rings. The molecule has 0 bridgehead atoms. The molecule has 0 radical (unpaired) electrons. The first-order valence-electron chi connectivity index (χ1n) is 5.21. The second kappa shape index (κ2) is 7.78. The fourth-order valence-corrected chi connectivity index (χ4v) is 2.47. The number of hydrogen-bond acceptors (Lipinski definition) is 2. The molecule has 0 aliphatic rings. The minimum Gasteiger partial charge on any atom is -0.315 e. The van der Waals surface area contributed by atoms with Crippen LogP contribution >= 0.6 is 27.7 Å². The summed E-state index contributed by atoms with van der Waals surface area (Å²) >= 11 is 5.29. The summed E-state index contributed by atoms with van der Waals surface area (Å²) in [4.78, 5) is 1.30. The zero-order valence-corrected chi connectivity index (χ0v) is 12.0. The Bertz CT molecular complexity index is 364. The molecule has 1 N–H and O–H groups in total. The highest BCUT2D eigenvalue weighted by atomic mass is 79.9. The highest BCUT2D eigenvalue weighted by Gasteiger charge is 2.04. The largest absolute Gasteiger partial charge is 0.315 e. The Labute approximate surface area is 111 Å². The summed E-state index contributed by atoms with van der Waals surface area (Å²) in [6, 6.07) is 8.87. The first kappa shape index (κ1) is 13.6. The molecule has 1 unspecified atom stereocenters. The molecule has 0 spiro atoms. The lowest BCUT2D eigenvalue weighted by Gasteiger charge is -2.12. The van der Waals surface area contributed by atoms with E-state index in [1.165, 1.54) is 4.90 Å². The second-order valence-electron chi connectivity index (χ2n) is 3.38. The standard InChI is InChI=1S/C13H16BrNS/c1-3-4-5-12(15-2)10-16-13-8-6-11(14)7-9-13/h6-9,12,15H,5,10H2,1-2H3. The highest BCUT2D eigenvalue weighted by molar-refractivity contribution is 9.10. The Morgan fingerprint density at radius 3 is 2.62 bits per heavy atom. The summed E-state index contributed by atoms with van der Waals surface area (Å²) in [5, 5.41) is 3.29. The van der Waals surface area contributed by atoms with Crippen LogP contribution in [-0.4, -0.2) is 18.8 Å². The molecular formula is C13H16BrNS. The van der Waals surface area contributed by atoms with Crippen LogP contribution in [0.3, 0.4) is 0 Å². The van der Waals surface area contributed by atoms with Gasteiger partial charge in [-0.3, -0.25) is 0 Å². The molecule has 0 aliphatic carbocycles. The Morgan fingerprint density at radius 2 is 2.06 bits per heavy atom. The zero-order chi connectivity index (χ0) is 11.8. The van der Waals surface area contributed by atoms with E-state index < -0.39 is 0 Å². The molecule has 1 rings (SSSR count). The van der Waals surface area contributed by atoms with Crippen molar-refractivity contribution in [1.82, 2.24) is 5.32 Å². The topological polar surface area (TPSA) is 12.0 Å². The van der Waals surface area contributed by atoms with Crippen LogP contribution in [0, 0.1) is 11.8 Å². The molecule has 1 aromatic carbocycles. The third kappa shape index (κ3) is 5.07. The monoisotopic (exact) mass is 297 g/mol. The van der Waals surface area contributed by atoms with Crippen LogP contribution in [0.2, 0.25) is 0 Å². The van der Waals surface area contributed by atoms with Crippen LogP contribution in [-0.2, 0) is 0 Å². The second-order valence-corrected chi connectivity index (χ2v) is 5.39. The minimum atomic E-state index is 0.459. The summed E-state index contributed by atoms with van der Waals surface area (Å²) in [6.45, 7) is 1.88. The Hall–Kier alpha value is -0.430. The first-order chi connectivity index (χ1) is 7.76. The molecule has 3 heteroatoms. The SMILES string of the molecule is CC#CCC(CSc1ccc(Br)cc1)NC. The Morgan fingerprint density at radius 1 is 1.38 bits per heavy atom. The fraction of sp³-hybridized carbons (Fsp3) is 0.385. The van der Waals surface area contributed by atoms with Crippen LogP contribution in [0.1, 0.15) is 13.3 Å². The maximum Gasteiger partial charge on any atom is 0.0268 e. The molecule has 16 heavy (non-hydrogen) atoms. The van der Waals surface area contributed by atoms with E-state index in [4.69, 9.17) is 0 Å². The number of halogens is 1. The van der Waals surface area contributed by atoms with Gasteiger partial charge in [-0.2, -0.15) is 0 Å². The molecule has 86 valence electrons. The average molecular weight is 298 g/mol. The van der Waals surface area contributed by atoms with Crippen LogP contribution in [0.4, 0.5) is 0 Å². The third-order valence-corrected chi connectivity index (χ3v) is 3.90. The van der Waals surface area contributed by atoms with Crippen molar-refractivity contribution >= 4 is 27.7 Å². The van der Waals surface area contributed by atoms with Crippen LogP contribution < -0.4 is 5.32 Å². The van der Waals surface area contributed by atoms with Gasteiger partial charge in [0.2, 0.25) is 0 Å². The lowest BCUT2D eigenvalue weighted by molar-refractivity contribution is 0.637. The lowest BCUT2D eigenvalue weighted by Crippen LogP contribution is -2.27. The average Bonchev–Trinajstić information content (AvgIpc) is 2.32. The van der Waals surface area contributed by atoms with E-state index in [0.29, 0.717) is 6.04 Å². The smallest absolute Gasteiger partial charge is 0.0268 e. The summed E-state index contributed by atoms with van der Waals surface area (Å²) < 4.78 is 1.12. The molecular weight excluding hydrogens is 282 g/mol. The lowest BCUT2D eigenvalue weighted by atomic mass is 10.2. The van der Waals surface area contributed by atoms with Gasteiger partial charge in [-0.15, -0.1) is 23.6 Å². The number of thioether (sulfide) groups is 1. The van der Waals surface area contributed by atoms with Gasteiger partial charge in [-0.25, -0.2) is 0 Å². The molecule has 1 nitrogen and oxygen atoms in total. The highest BCUT2D eigenvalue weighted by Crippen LogP contribution is 2.21. The summed E-state index contributed by atoms with van der Waals surface area (Å²) in [6.07, 6.45) is 0.913. The van der Waals surface area contributed by atoms with Crippen LogP contribution in [0.15, 0.2) is 33.6 Å². The predicted octanol–water partition coefficient (Wildman–Crippen LogP) is 3.54. The van der Waals surface area contributed by atoms with E-state index in [-0.39, 0.29) is 0 Å². The van der Waals surface area contributed by atoms with Crippen molar-refractivity contribution in [2.75, 3.05) is 12.8 Å². The molecule has 0 saturated carbocycles. The predicted molar refractivity (Wildman–Crippen MR) is 75.8 cm³/mol. The molecule has 0 aliphatic heterocycles. The maximum atomic E-state index is 3.43.